The first kappa shape index (κ1) is 41.3. The molecule has 6 N–H and O–H groups in total. The zero-order valence-corrected chi connectivity index (χ0v) is 32.7. The van der Waals surface area contributed by atoms with Gasteiger partial charge in [-0.1, -0.05) is 47.5 Å². The van der Waals surface area contributed by atoms with Crippen molar-refractivity contribution in [2.45, 2.75) is 114 Å². The Morgan fingerprint density at radius 3 is 2.28 bits per heavy atom. The third-order valence-electron chi connectivity index (χ3n) is 11.5. The molecule has 4 fully saturated rings. The Hall–Kier alpha value is -5.35. The van der Waals surface area contributed by atoms with E-state index in [4.69, 9.17) is 0 Å². The molecule has 0 unspecified atom stereocenters. The van der Waals surface area contributed by atoms with Gasteiger partial charge in [-0.05, 0) is 70.6 Å². The number of rotatable bonds is 12. The molecule has 57 heavy (non-hydrogen) atoms. The number of nitrogens with zero attached hydrogens (tertiary/aromatic N) is 3. The smallest absolute Gasteiger partial charge is 0.319 e. The summed E-state index contributed by atoms with van der Waals surface area (Å²) in [4.78, 5) is 98.4. The van der Waals surface area contributed by atoms with Crippen LogP contribution in [0.15, 0.2) is 48.5 Å². The fraction of sp³-hybridized carbons (Fsp3) is 0.537. The van der Waals surface area contributed by atoms with Crippen molar-refractivity contribution in [3.05, 3.63) is 65.2 Å². The second-order valence-corrected chi connectivity index (χ2v) is 15.8. The molecule has 1 aliphatic carbocycles. The number of β-amino-alcohol motifs (C(OH)–C–C–N with tert-alkyl or cyclic N) is 1. The maximum atomic E-state index is 14.2. The summed E-state index contributed by atoms with van der Waals surface area (Å²) < 4.78 is 0. The number of amides is 7. The Kier molecular flexibility index (Phi) is 12.6. The maximum absolute atomic E-state index is 14.2. The molecule has 1 spiro atoms. The van der Waals surface area contributed by atoms with Gasteiger partial charge in [0.15, 0.2) is 5.78 Å². The molecule has 4 aliphatic rings. The van der Waals surface area contributed by atoms with Crippen molar-refractivity contribution in [1.82, 2.24) is 30.7 Å². The van der Waals surface area contributed by atoms with E-state index < -0.39 is 78.1 Å². The number of hydrogen-bond donors (Lipinski definition) is 6. The summed E-state index contributed by atoms with van der Waals surface area (Å²) in [6, 6.07) is 8.01. The Bertz CT molecular complexity index is 1890. The molecular formula is C41H53N7O9. The molecule has 306 valence electrons. The van der Waals surface area contributed by atoms with Crippen LogP contribution in [0.2, 0.25) is 0 Å². The van der Waals surface area contributed by atoms with Gasteiger partial charge in [0.1, 0.15) is 35.7 Å². The quantitative estimate of drug-likeness (QED) is 0.178. The van der Waals surface area contributed by atoms with E-state index in [0.29, 0.717) is 50.8 Å². The zero-order chi connectivity index (χ0) is 41.0. The van der Waals surface area contributed by atoms with Crippen molar-refractivity contribution in [3.63, 3.8) is 0 Å². The average Bonchev–Trinajstić information content (AvgIpc) is 3.45. The van der Waals surface area contributed by atoms with Gasteiger partial charge < -0.3 is 46.2 Å². The van der Waals surface area contributed by atoms with Gasteiger partial charge in [-0.25, -0.2) is 4.79 Å². The van der Waals surface area contributed by atoms with Crippen LogP contribution in [0.1, 0.15) is 68.6 Å². The molecule has 16 nitrogen and oxygen atoms in total. The minimum Gasteiger partial charge on any atom is -0.394 e. The topological polar surface area (TPSA) is 218 Å². The van der Waals surface area contributed by atoms with Gasteiger partial charge in [-0.3, -0.25) is 28.8 Å². The SMILES string of the molecule is Cc1ccc(NC(=O)N[C@@H](Cc2cccc(C)c2)C(=O)N[C@@H](CO)C(=O)N2C[C@H](O)C[C@H]2C(=O)N2CCCC[C@H]2C(=O)N[C@@H](C)C(=O)N2CCC[C@]23CC3=O)cc1. The molecule has 3 heterocycles. The van der Waals surface area contributed by atoms with Crippen LogP contribution in [0.25, 0.3) is 0 Å². The minimum absolute atomic E-state index is 0.0248. The van der Waals surface area contributed by atoms with Gasteiger partial charge >= 0.3 is 6.03 Å². The summed E-state index contributed by atoms with van der Waals surface area (Å²) in [6.45, 7) is 4.91. The van der Waals surface area contributed by atoms with Gasteiger partial charge in [0.2, 0.25) is 29.5 Å². The van der Waals surface area contributed by atoms with Gasteiger partial charge in [0, 0.05) is 44.6 Å². The van der Waals surface area contributed by atoms with E-state index in [9.17, 15) is 43.8 Å². The lowest BCUT2D eigenvalue weighted by atomic mass is 9.99. The number of anilines is 1. The normalized spacial score (nSPS) is 24.4. The van der Waals surface area contributed by atoms with Crippen molar-refractivity contribution in [3.8, 4) is 0 Å². The van der Waals surface area contributed by atoms with Crippen LogP contribution in [-0.2, 0) is 35.2 Å². The minimum atomic E-state index is -1.53. The highest BCUT2D eigenvalue weighted by atomic mass is 16.3. The number of Topliss-reactive ketones (excluding diaryl/α,β-unsaturated/α-hetero) is 1. The second kappa shape index (κ2) is 17.4. The van der Waals surface area contributed by atoms with Crippen LogP contribution < -0.4 is 21.3 Å². The molecule has 0 aromatic heterocycles. The number of nitrogens with one attached hydrogen (secondary N) is 4. The number of piperidine rings is 1. The van der Waals surface area contributed by atoms with Gasteiger partial charge in [-0.15, -0.1) is 0 Å². The molecule has 7 atom stereocenters. The molecule has 7 amide bonds. The third kappa shape index (κ3) is 9.28. The number of hydrogen-bond acceptors (Lipinski definition) is 9. The summed E-state index contributed by atoms with van der Waals surface area (Å²) >= 11 is 0. The largest absolute Gasteiger partial charge is 0.394 e. The van der Waals surface area contributed by atoms with Crippen molar-refractivity contribution in [1.29, 1.82) is 0 Å². The molecular weight excluding hydrogens is 734 g/mol. The predicted molar refractivity (Wildman–Crippen MR) is 207 cm³/mol. The molecule has 2 aromatic rings. The number of urea groups is 1. The molecule has 3 aliphatic heterocycles. The van der Waals surface area contributed by atoms with E-state index in [-0.39, 0.29) is 37.6 Å². The standard InChI is InChI=1S/C41H53N7O9/c1-24-11-13-28(14-12-24)43-40(57)45-30(19-27-9-6-8-25(2)18-27)35(52)44-31(23-49)38(55)47-22-29(50)20-33(47)39(56)46-16-5-4-10-32(46)36(53)42-26(3)37(54)48-17-7-15-41(48)21-34(41)51/h6,8-9,11-14,18,26,29-33,49-50H,4-5,7,10,15-17,19-23H2,1-3H3,(H,42,53)(H,44,52)(H2,43,45,57)/t26-,29+,30-,31-,32-,33-,41+/m0/s1. The number of aryl methyl sites for hydroxylation is 2. The average molecular weight is 788 g/mol. The van der Waals surface area contributed by atoms with E-state index in [2.05, 4.69) is 21.3 Å². The maximum Gasteiger partial charge on any atom is 0.319 e. The Morgan fingerprint density at radius 2 is 1.60 bits per heavy atom. The number of carbonyl (C=O) groups excluding carboxylic acids is 7. The van der Waals surface area contributed by atoms with Crippen molar-refractivity contribution in [2.75, 3.05) is 31.6 Å². The van der Waals surface area contributed by atoms with Crippen LogP contribution in [-0.4, -0.2) is 134 Å². The van der Waals surface area contributed by atoms with Crippen LogP contribution in [0.4, 0.5) is 10.5 Å². The number of ketones is 1. The molecule has 16 heteroatoms. The van der Waals surface area contributed by atoms with Crippen molar-refractivity contribution >= 4 is 47.0 Å². The lowest BCUT2D eigenvalue weighted by Gasteiger charge is -2.39. The second-order valence-electron chi connectivity index (χ2n) is 15.8. The zero-order valence-electron chi connectivity index (χ0n) is 32.7. The summed E-state index contributed by atoms with van der Waals surface area (Å²) in [6.07, 6.45) is 2.04. The summed E-state index contributed by atoms with van der Waals surface area (Å²) in [7, 11) is 0. The van der Waals surface area contributed by atoms with Crippen LogP contribution in [0.3, 0.4) is 0 Å². The van der Waals surface area contributed by atoms with Crippen LogP contribution >= 0.6 is 0 Å². The summed E-state index contributed by atoms with van der Waals surface area (Å²) in [5, 5.41) is 31.8. The fourth-order valence-electron chi connectivity index (χ4n) is 8.36. The van der Waals surface area contributed by atoms with Crippen molar-refractivity contribution < 1.29 is 43.8 Å². The predicted octanol–water partition coefficient (Wildman–Crippen LogP) is 0.695. The van der Waals surface area contributed by atoms with E-state index in [1.165, 1.54) is 4.90 Å². The number of aliphatic hydroxyl groups excluding tert-OH is 2. The van der Waals surface area contributed by atoms with Crippen LogP contribution in [0, 0.1) is 13.8 Å². The van der Waals surface area contributed by atoms with E-state index >= 15 is 0 Å². The highest BCUT2D eigenvalue weighted by Crippen LogP contribution is 2.46. The lowest BCUT2D eigenvalue weighted by Crippen LogP contribution is -2.61. The first-order valence-electron chi connectivity index (χ1n) is 19.8. The number of likely N-dealkylation sites (tertiary alicyclic amines) is 3. The van der Waals surface area contributed by atoms with E-state index in [1.54, 1.807) is 30.0 Å². The first-order valence-corrected chi connectivity index (χ1v) is 19.8. The van der Waals surface area contributed by atoms with E-state index in [1.807, 2.05) is 44.2 Å². The summed E-state index contributed by atoms with van der Waals surface area (Å²) in [5.74, 6) is -3.00. The van der Waals surface area contributed by atoms with E-state index in [0.717, 1.165) is 21.6 Å². The number of benzene rings is 2. The van der Waals surface area contributed by atoms with Gasteiger partial charge in [0.25, 0.3) is 0 Å². The highest BCUT2D eigenvalue weighted by Gasteiger charge is 2.62. The third-order valence-corrected chi connectivity index (χ3v) is 11.5. The molecule has 3 saturated heterocycles. The molecule has 1 saturated carbocycles. The molecule has 6 rings (SSSR count). The Morgan fingerprint density at radius 1 is 0.860 bits per heavy atom. The monoisotopic (exact) mass is 787 g/mol. The van der Waals surface area contributed by atoms with Gasteiger partial charge in [0.05, 0.1) is 12.7 Å². The van der Waals surface area contributed by atoms with Crippen LogP contribution in [0.5, 0.6) is 0 Å². The molecule has 0 radical (unpaired) electrons. The summed E-state index contributed by atoms with van der Waals surface area (Å²) in [5.41, 5.74) is 2.42. The molecule has 2 aromatic carbocycles. The highest BCUT2D eigenvalue weighted by molar-refractivity contribution is 6.09. The number of carbonyl (C=O) groups is 7. The lowest BCUT2D eigenvalue weighted by molar-refractivity contribution is -0.151. The van der Waals surface area contributed by atoms with Gasteiger partial charge in [-0.2, -0.15) is 0 Å². The Balaban J connectivity index is 1.13. The Labute approximate surface area is 331 Å². The fourth-order valence-corrected chi connectivity index (χ4v) is 8.36. The number of aliphatic hydroxyl groups is 2. The molecule has 0 bridgehead atoms. The first-order chi connectivity index (χ1) is 27.2. The van der Waals surface area contributed by atoms with Crippen molar-refractivity contribution in [2.24, 2.45) is 0 Å².